The van der Waals surface area contributed by atoms with Crippen LogP contribution in [0.2, 0.25) is 0 Å². The first-order chi connectivity index (χ1) is 10.9. The van der Waals surface area contributed by atoms with Crippen molar-refractivity contribution in [2.45, 2.75) is 11.4 Å². The summed E-state index contributed by atoms with van der Waals surface area (Å²) >= 11 is 0. The molecule has 0 aliphatic carbocycles. The predicted octanol–water partition coefficient (Wildman–Crippen LogP) is 0.396. The molecule has 2 N–H and O–H groups in total. The van der Waals surface area contributed by atoms with Gasteiger partial charge in [0.15, 0.2) is 0 Å². The van der Waals surface area contributed by atoms with Crippen LogP contribution < -0.4 is 10.0 Å². The second-order valence-corrected chi connectivity index (χ2v) is 6.61. The molecule has 0 radical (unpaired) electrons. The molecule has 0 fully saturated rings. The summed E-state index contributed by atoms with van der Waals surface area (Å²) in [4.78, 5) is 9.97. The second kappa shape index (κ2) is 7.31. The molecule has 0 unspecified atom stereocenters. The quantitative estimate of drug-likeness (QED) is 0.408. The zero-order valence-electron chi connectivity index (χ0n) is 12.5. The van der Waals surface area contributed by atoms with Crippen LogP contribution in [0.1, 0.15) is 5.56 Å². The maximum absolute atomic E-state index is 12.0. The zero-order chi connectivity index (χ0) is 16.9. The average molecular weight is 339 g/mol. The van der Waals surface area contributed by atoms with Crippen molar-refractivity contribution in [3.63, 3.8) is 0 Å². The van der Waals surface area contributed by atoms with E-state index in [1.54, 1.807) is 10.9 Å². The molecule has 1 heterocycles. The first kappa shape index (κ1) is 17.1. The van der Waals surface area contributed by atoms with E-state index in [9.17, 15) is 18.5 Å². The number of nitro groups is 1. The number of sulfonamides is 1. The van der Waals surface area contributed by atoms with Crippen molar-refractivity contribution < 1.29 is 13.3 Å². The van der Waals surface area contributed by atoms with Gasteiger partial charge in [-0.2, -0.15) is 5.10 Å². The molecule has 0 aliphatic heterocycles. The van der Waals surface area contributed by atoms with E-state index in [4.69, 9.17) is 0 Å². The Labute approximate surface area is 133 Å². The Morgan fingerprint density at radius 3 is 2.52 bits per heavy atom. The van der Waals surface area contributed by atoms with Gasteiger partial charge in [-0.05, 0) is 12.1 Å². The highest BCUT2D eigenvalue weighted by molar-refractivity contribution is 7.89. The Balaban J connectivity index is 1.80. The molecule has 0 bridgehead atoms. The molecule has 10 heteroatoms. The van der Waals surface area contributed by atoms with Crippen molar-refractivity contribution in [1.82, 2.24) is 19.8 Å². The summed E-state index contributed by atoms with van der Waals surface area (Å²) in [6.45, 7) is 1.24. The second-order valence-electron chi connectivity index (χ2n) is 4.85. The summed E-state index contributed by atoms with van der Waals surface area (Å²) < 4.78 is 28.2. The highest BCUT2D eigenvalue weighted by atomic mass is 32.2. The lowest BCUT2D eigenvalue weighted by Crippen LogP contribution is -2.31. The third-order valence-corrected chi connectivity index (χ3v) is 4.52. The number of benzene rings is 1. The first-order valence-corrected chi connectivity index (χ1v) is 8.29. The largest absolute Gasteiger partial charge is 0.311 e. The summed E-state index contributed by atoms with van der Waals surface area (Å²) in [5.74, 6) is 0. The number of non-ortho nitro benzene ring substituents is 1. The number of nitrogens with zero attached hydrogens (tertiary/aromatic N) is 3. The first-order valence-electron chi connectivity index (χ1n) is 6.81. The van der Waals surface area contributed by atoms with Crippen LogP contribution in [0.5, 0.6) is 0 Å². The van der Waals surface area contributed by atoms with Gasteiger partial charge in [0, 0.05) is 50.6 Å². The van der Waals surface area contributed by atoms with Crippen LogP contribution in [-0.2, 0) is 23.6 Å². The number of hydrogen-bond donors (Lipinski definition) is 2. The van der Waals surface area contributed by atoms with E-state index in [2.05, 4.69) is 15.1 Å². The Morgan fingerprint density at radius 1 is 1.26 bits per heavy atom. The van der Waals surface area contributed by atoms with Crippen molar-refractivity contribution in [2.24, 2.45) is 7.05 Å². The summed E-state index contributed by atoms with van der Waals surface area (Å²) in [5, 5.41) is 17.7. The summed E-state index contributed by atoms with van der Waals surface area (Å²) in [5.41, 5.74) is 0.854. The van der Waals surface area contributed by atoms with Gasteiger partial charge < -0.3 is 5.32 Å². The van der Waals surface area contributed by atoms with Gasteiger partial charge >= 0.3 is 0 Å². The minimum Gasteiger partial charge on any atom is -0.311 e. The molecule has 2 rings (SSSR count). The van der Waals surface area contributed by atoms with Crippen LogP contribution in [-0.4, -0.2) is 36.2 Å². The highest BCUT2D eigenvalue weighted by Crippen LogP contribution is 2.15. The maximum atomic E-state index is 12.0. The van der Waals surface area contributed by atoms with E-state index in [-0.39, 0.29) is 17.1 Å². The molecule has 2 aromatic rings. The lowest BCUT2D eigenvalue weighted by atomic mass is 10.3. The predicted molar refractivity (Wildman–Crippen MR) is 83.2 cm³/mol. The van der Waals surface area contributed by atoms with Crippen LogP contribution in [0, 0.1) is 10.1 Å². The van der Waals surface area contributed by atoms with E-state index in [1.165, 1.54) is 12.1 Å². The van der Waals surface area contributed by atoms with E-state index >= 15 is 0 Å². The van der Waals surface area contributed by atoms with Gasteiger partial charge in [-0.25, -0.2) is 13.1 Å². The van der Waals surface area contributed by atoms with Gasteiger partial charge in [0.1, 0.15) is 0 Å². The summed E-state index contributed by atoms with van der Waals surface area (Å²) in [6.07, 6.45) is 3.60. The zero-order valence-corrected chi connectivity index (χ0v) is 13.3. The van der Waals surface area contributed by atoms with E-state index in [0.717, 1.165) is 17.7 Å². The minimum atomic E-state index is -3.67. The van der Waals surface area contributed by atoms with Crippen LogP contribution >= 0.6 is 0 Å². The van der Waals surface area contributed by atoms with Crippen molar-refractivity contribution in [2.75, 3.05) is 13.1 Å². The molecular formula is C13H17N5O4S. The molecule has 0 spiro atoms. The van der Waals surface area contributed by atoms with Crippen LogP contribution in [0.4, 0.5) is 5.69 Å². The van der Waals surface area contributed by atoms with Gasteiger partial charge in [0.2, 0.25) is 10.0 Å². The lowest BCUT2D eigenvalue weighted by Gasteiger charge is -2.07. The SMILES string of the molecule is Cn1cc(CNCCNS(=O)(=O)c2ccc([N+](=O)[O-])cc2)cn1. The van der Waals surface area contributed by atoms with Gasteiger partial charge in [0.05, 0.1) is 16.0 Å². The van der Waals surface area contributed by atoms with Gasteiger partial charge in [-0.3, -0.25) is 14.8 Å². The van der Waals surface area contributed by atoms with Gasteiger partial charge in [-0.1, -0.05) is 0 Å². The normalized spacial score (nSPS) is 11.5. The molecule has 9 nitrogen and oxygen atoms in total. The standard InChI is InChI=1S/C13H17N5O4S/c1-17-10-11(9-15-17)8-14-6-7-16-23(21,22)13-4-2-12(3-5-13)18(19)20/h2-5,9-10,14,16H,6-8H2,1H3. The van der Waals surface area contributed by atoms with E-state index < -0.39 is 14.9 Å². The smallest absolute Gasteiger partial charge is 0.269 e. The number of rotatable bonds is 8. The third kappa shape index (κ3) is 4.84. The molecular weight excluding hydrogens is 322 g/mol. The minimum absolute atomic E-state index is 0.00430. The van der Waals surface area contributed by atoms with Crippen LogP contribution in [0.25, 0.3) is 0 Å². The maximum Gasteiger partial charge on any atom is 0.269 e. The molecule has 1 aromatic carbocycles. The van der Waals surface area contributed by atoms with Crippen molar-refractivity contribution >= 4 is 15.7 Å². The monoisotopic (exact) mass is 339 g/mol. The Morgan fingerprint density at radius 2 is 1.96 bits per heavy atom. The van der Waals surface area contributed by atoms with Gasteiger partial charge in [0.25, 0.3) is 5.69 Å². The topological polar surface area (TPSA) is 119 Å². The molecule has 0 saturated carbocycles. The van der Waals surface area contributed by atoms with Crippen molar-refractivity contribution in [3.8, 4) is 0 Å². The fourth-order valence-corrected chi connectivity index (χ4v) is 2.93. The molecule has 0 aliphatic rings. The molecule has 124 valence electrons. The van der Waals surface area contributed by atoms with Crippen LogP contribution in [0.3, 0.4) is 0 Å². The van der Waals surface area contributed by atoms with Gasteiger partial charge in [-0.15, -0.1) is 0 Å². The number of hydrogen-bond acceptors (Lipinski definition) is 6. The third-order valence-electron chi connectivity index (χ3n) is 3.04. The number of nitro benzene ring substituents is 1. The Kier molecular flexibility index (Phi) is 5.42. The average Bonchev–Trinajstić information content (AvgIpc) is 2.92. The Bertz CT molecular complexity index is 770. The fraction of sp³-hybridized carbons (Fsp3) is 0.308. The number of aryl methyl sites for hydroxylation is 1. The Hall–Kier alpha value is -2.30. The van der Waals surface area contributed by atoms with E-state index in [0.29, 0.717) is 13.1 Å². The number of nitrogens with one attached hydrogen (secondary N) is 2. The summed E-state index contributed by atoms with van der Waals surface area (Å²) in [6, 6.07) is 4.75. The number of aromatic nitrogens is 2. The lowest BCUT2D eigenvalue weighted by molar-refractivity contribution is -0.384. The summed E-state index contributed by atoms with van der Waals surface area (Å²) in [7, 11) is -1.85. The molecule has 0 amide bonds. The van der Waals surface area contributed by atoms with E-state index in [1.807, 2.05) is 13.2 Å². The molecule has 23 heavy (non-hydrogen) atoms. The molecule has 0 atom stereocenters. The molecule has 1 aromatic heterocycles. The fourth-order valence-electron chi connectivity index (χ4n) is 1.90. The van der Waals surface area contributed by atoms with Crippen molar-refractivity contribution in [1.29, 1.82) is 0 Å². The van der Waals surface area contributed by atoms with Crippen LogP contribution in [0.15, 0.2) is 41.6 Å². The highest BCUT2D eigenvalue weighted by Gasteiger charge is 2.15. The molecule has 0 saturated heterocycles. The van der Waals surface area contributed by atoms with Crippen molar-refractivity contribution in [3.05, 3.63) is 52.3 Å².